The Kier molecular flexibility index (Phi) is 3.52. The summed E-state index contributed by atoms with van der Waals surface area (Å²) in [7, 11) is 0. The van der Waals surface area contributed by atoms with Crippen LogP contribution >= 0.6 is 0 Å². The summed E-state index contributed by atoms with van der Waals surface area (Å²) in [5.74, 6) is 0.818. The van der Waals surface area contributed by atoms with Gasteiger partial charge in [-0.2, -0.15) is 0 Å². The minimum atomic E-state index is 0.818. The van der Waals surface area contributed by atoms with Gasteiger partial charge in [-0.25, -0.2) is 9.97 Å². The Bertz CT molecular complexity index is 1780. The molecule has 7 rings (SSSR count). The number of aromatic nitrogens is 3. The SMILES string of the molecule is c1ccc(-n2c(-c3cccc4c3oc3c5ccccc5ccc43)nc3cccnc32)cc1. The predicted octanol–water partition coefficient (Wildman–Crippen LogP) is 7.14. The van der Waals surface area contributed by atoms with Crippen molar-refractivity contribution in [1.82, 2.24) is 14.5 Å². The maximum atomic E-state index is 6.56. The van der Waals surface area contributed by atoms with Crippen LogP contribution in [0.4, 0.5) is 0 Å². The third kappa shape index (κ3) is 2.38. The van der Waals surface area contributed by atoms with Gasteiger partial charge in [0.05, 0.1) is 5.56 Å². The fraction of sp³-hybridized carbons (Fsp3) is 0. The number of rotatable bonds is 2. The van der Waals surface area contributed by atoms with Gasteiger partial charge in [0.15, 0.2) is 11.5 Å². The van der Waals surface area contributed by atoms with Crippen LogP contribution in [0.1, 0.15) is 0 Å². The summed E-state index contributed by atoms with van der Waals surface area (Å²) in [4.78, 5) is 9.62. The molecule has 0 aliphatic carbocycles. The van der Waals surface area contributed by atoms with E-state index in [2.05, 4.69) is 76.3 Å². The van der Waals surface area contributed by atoms with Crippen molar-refractivity contribution in [3.05, 3.63) is 103 Å². The van der Waals surface area contributed by atoms with Crippen LogP contribution in [0, 0.1) is 0 Å². The topological polar surface area (TPSA) is 43.9 Å². The van der Waals surface area contributed by atoms with Gasteiger partial charge < -0.3 is 4.42 Å². The van der Waals surface area contributed by atoms with E-state index in [9.17, 15) is 0 Å². The first-order valence-corrected chi connectivity index (χ1v) is 10.6. The summed E-state index contributed by atoms with van der Waals surface area (Å²) < 4.78 is 8.67. The lowest BCUT2D eigenvalue weighted by atomic mass is 10.0. The number of hydrogen-bond acceptors (Lipinski definition) is 3. The van der Waals surface area contributed by atoms with Crippen LogP contribution in [0.25, 0.3) is 61.0 Å². The largest absolute Gasteiger partial charge is 0.455 e. The fourth-order valence-electron chi connectivity index (χ4n) is 4.62. The Labute approximate surface area is 183 Å². The lowest BCUT2D eigenvalue weighted by Crippen LogP contribution is -1.98. The number of para-hydroxylation sites is 2. The van der Waals surface area contributed by atoms with Crippen LogP contribution in [0.2, 0.25) is 0 Å². The highest BCUT2D eigenvalue weighted by Gasteiger charge is 2.20. The van der Waals surface area contributed by atoms with Crippen molar-refractivity contribution in [1.29, 1.82) is 0 Å². The molecule has 3 aromatic heterocycles. The number of imidazole rings is 1. The second-order valence-corrected chi connectivity index (χ2v) is 7.90. The molecule has 0 saturated carbocycles. The van der Waals surface area contributed by atoms with Gasteiger partial charge >= 0.3 is 0 Å². The molecular formula is C28H17N3O. The van der Waals surface area contributed by atoms with E-state index >= 15 is 0 Å². The Morgan fingerprint density at radius 2 is 1.44 bits per heavy atom. The van der Waals surface area contributed by atoms with Crippen LogP contribution in [0.5, 0.6) is 0 Å². The highest BCUT2D eigenvalue weighted by atomic mass is 16.3. The predicted molar refractivity (Wildman–Crippen MR) is 129 cm³/mol. The Balaban J connectivity index is 1.61. The summed E-state index contributed by atoms with van der Waals surface area (Å²) >= 11 is 0. The molecule has 4 aromatic carbocycles. The number of pyridine rings is 1. The third-order valence-electron chi connectivity index (χ3n) is 6.06. The van der Waals surface area contributed by atoms with Crippen molar-refractivity contribution >= 4 is 43.9 Å². The molecule has 0 aliphatic rings. The van der Waals surface area contributed by atoms with Crippen LogP contribution in [0.3, 0.4) is 0 Å². The molecule has 0 bridgehead atoms. The number of benzene rings is 4. The van der Waals surface area contributed by atoms with Gasteiger partial charge in [-0.15, -0.1) is 0 Å². The number of fused-ring (bicyclic) bond motifs is 6. The van der Waals surface area contributed by atoms with Crippen LogP contribution in [0.15, 0.2) is 108 Å². The molecule has 0 aliphatic heterocycles. The van der Waals surface area contributed by atoms with Crippen molar-refractivity contribution in [2.45, 2.75) is 0 Å². The number of nitrogens with zero attached hydrogens (tertiary/aromatic N) is 3. The van der Waals surface area contributed by atoms with Crippen LogP contribution < -0.4 is 0 Å². The maximum absolute atomic E-state index is 6.56. The van der Waals surface area contributed by atoms with Crippen molar-refractivity contribution in [3.63, 3.8) is 0 Å². The average molecular weight is 411 g/mol. The molecule has 0 amide bonds. The van der Waals surface area contributed by atoms with Gasteiger partial charge in [-0.1, -0.05) is 60.7 Å². The number of furan rings is 1. The van der Waals surface area contributed by atoms with E-state index in [0.717, 1.165) is 55.6 Å². The zero-order valence-corrected chi connectivity index (χ0v) is 17.1. The molecule has 4 heteroatoms. The molecule has 0 radical (unpaired) electrons. The molecule has 150 valence electrons. The molecule has 0 atom stereocenters. The Morgan fingerprint density at radius 3 is 2.38 bits per heavy atom. The summed E-state index contributed by atoms with van der Waals surface area (Å²) in [6.07, 6.45) is 1.81. The smallest absolute Gasteiger partial charge is 0.164 e. The second kappa shape index (κ2) is 6.53. The van der Waals surface area contributed by atoms with E-state index in [4.69, 9.17) is 9.40 Å². The van der Waals surface area contributed by atoms with E-state index < -0.39 is 0 Å². The molecule has 32 heavy (non-hydrogen) atoms. The lowest BCUT2D eigenvalue weighted by Gasteiger charge is -2.09. The minimum Gasteiger partial charge on any atom is -0.455 e. The van der Waals surface area contributed by atoms with E-state index in [1.54, 1.807) is 6.20 Å². The van der Waals surface area contributed by atoms with Gasteiger partial charge in [0.1, 0.15) is 16.7 Å². The van der Waals surface area contributed by atoms with Crippen molar-refractivity contribution in [2.24, 2.45) is 0 Å². The van der Waals surface area contributed by atoms with Crippen LogP contribution in [-0.4, -0.2) is 14.5 Å². The van der Waals surface area contributed by atoms with E-state index in [1.807, 2.05) is 30.3 Å². The molecule has 4 nitrogen and oxygen atoms in total. The standard InChI is InChI=1S/C28H17N3O/c1-2-9-19(10-3-1)31-27(30-24-14-7-17-29-28(24)31)23-13-6-12-21-22-16-15-18-8-4-5-11-20(18)25(22)32-26(21)23/h1-17H. The van der Waals surface area contributed by atoms with Gasteiger partial charge in [0, 0.05) is 28.0 Å². The summed E-state index contributed by atoms with van der Waals surface area (Å²) in [5, 5.41) is 4.48. The average Bonchev–Trinajstić information content (AvgIpc) is 3.43. The number of hydrogen-bond donors (Lipinski definition) is 0. The van der Waals surface area contributed by atoms with E-state index in [1.165, 1.54) is 5.39 Å². The molecule has 0 spiro atoms. The molecule has 0 fully saturated rings. The molecule has 0 N–H and O–H groups in total. The normalized spacial score (nSPS) is 11.8. The molecule has 0 saturated heterocycles. The van der Waals surface area contributed by atoms with Gasteiger partial charge in [-0.3, -0.25) is 4.57 Å². The summed E-state index contributed by atoms with van der Waals surface area (Å²) in [6, 6.07) is 33.0. The third-order valence-corrected chi connectivity index (χ3v) is 6.06. The summed E-state index contributed by atoms with van der Waals surface area (Å²) in [5.41, 5.74) is 5.39. The Morgan fingerprint density at radius 1 is 0.625 bits per heavy atom. The molecule has 0 unspecified atom stereocenters. The Hall–Kier alpha value is -4.44. The second-order valence-electron chi connectivity index (χ2n) is 7.90. The summed E-state index contributed by atoms with van der Waals surface area (Å²) in [6.45, 7) is 0. The van der Waals surface area contributed by atoms with Crippen molar-refractivity contribution < 1.29 is 4.42 Å². The highest BCUT2D eigenvalue weighted by molar-refractivity contribution is 6.17. The first-order chi connectivity index (χ1) is 15.9. The molecular weight excluding hydrogens is 394 g/mol. The van der Waals surface area contributed by atoms with Crippen molar-refractivity contribution in [2.75, 3.05) is 0 Å². The first-order valence-electron chi connectivity index (χ1n) is 10.6. The molecule has 7 aromatic rings. The van der Waals surface area contributed by atoms with Gasteiger partial charge in [0.2, 0.25) is 0 Å². The highest BCUT2D eigenvalue weighted by Crippen LogP contribution is 2.39. The van der Waals surface area contributed by atoms with Crippen molar-refractivity contribution in [3.8, 4) is 17.1 Å². The molecule has 3 heterocycles. The zero-order chi connectivity index (χ0) is 21.1. The monoisotopic (exact) mass is 411 g/mol. The van der Waals surface area contributed by atoms with Gasteiger partial charge in [-0.05, 0) is 41.8 Å². The minimum absolute atomic E-state index is 0.818. The fourth-order valence-corrected chi connectivity index (χ4v) is 4.62. The first kappa shape index (κ1) is 17.3. The quantitative estimate of drug-likeness (QED) is 0.304. The zero-order valence-electron chi connectivity index (χ0n) is 17.1. The maximum Gasteiger partial charge on any atom is 0.164 e. The van der Waals surface area contributed by atoms with E-state index in [-0.39, 0.29) is 0 Å². The van der Waals surface area contributed by atoms with Crippen LogP contribution in [-0.2, 0) is 0 Å². The van der Waals surface area contributed by atoms with Gasteiger partial charge in [0.25, 0.3) is 0 Å². The lowest BCUT2D eigenvalue weighted by molar-refractivity contribution is 0.673. The van der Waals surface area contributed by atoms with E-state index in [0.29, 0.717) is 0 Å².